The van der Waals surface area contributed by atoms with E-state index in [1.807, 2.05) is 50.3 Å². The molecule has 0 bridgehead atoms. The average molecular weight is 673 g/mol. The van der Waals surface area contributed by atoms with Crippen LogP contribution in [0.3, 0.4) is 0 Å². The molecule has 254 valence electrons. The highest BCUT2D eigenvalue weighted by Gasteiger charge is 2.55. The van der Waals surface area contributed by atoms with E-state index in [0.29, 0.717) is 57.0 Å². The molecule has 6 rings (SSSR count). The summed E-state index contributed by atoms with van der Waals surface area (Å²) in [5, 5.41) is 9.91. The summed E-state index contributed by atoms with van der Waals surface area (Å²) in [6.45, 7) is 5.44. The molecule has 1 spiro atoms. The van der Waals surface area contributed by atoms with Crippen LogP contribution in [0.2, 0.25) is 5.02 Å². The van der Waals surface area contributed by atoms with Gasteiger partial charge in [0.1, 0.15) is 18.1 Å². The molecule has 2 saturated heterocycles. The van der Waals surface area contributed by atoms with Crippen LogP contribution in [-0.2, 0) is 38.6 Å². The standard InChI is InChI=1S/C37H45ClN6O4/c1-25(2)40-33(45)23-43-24-44(30-10-4-3-5-11-30)37(36(43)48)16-18-42(19-17-37)35(47)32(20-26-12-14-29(38)15-13-26)41-34(46)31-21-27-8-6-7-9-28(27)22-39-31/h3-4,6-10,12-15,25,31-32,39H,5,11,16-24H2,1-2H3,(H,40,45)(H,41,46)/t31-,32-/m1/s1. The largest absolute Gasteiger partial charge is 0.352 e. The van der Waals surface area contributed by atoms with Gasteiger partial charge in [-0.2, -0.15) is 0 Å². The van der Waals surface area contributed by atoms with Gasteiger partial charge in [0.25, 0.3) is 5.91 Å². The number of carbonyl (C=O) groups excluding carboxylic acids is 4. The van der Waals surface area contributed by atoms with E-state index in [4.69, 9.17) is 11.6 Å². The summed E-state index contributed by atoms with van der Waals surface area (Å²) in [6.07, 6.45) is 9.62. The van der Waals surface area contributed by atoms with E-state index in [9.17, 15) is 19.2 Å². The normalized spacial score (nSPS) is 20.8. The molecule has 3 heterocycles. The Morgan fingerprint density at radius 2 is 1.75 bits per heavy atom. The molecule has 4 amide bonds. The van der Waals surface area contributed by atoms with Gasteiger partial charge in [-0.25, -0.2) is 0 Å². The van der Waals surface area contributed by atoms with Gasteiger partial charge in [0.05, 0.1) is 12.7 Å². The molecule has 2 aromatic rings. The average Bonchev–Trinajstić information content (AvgIpc) is 3.34. The predicted molar refractivity (Wildman–Crippen MR) is 185 cm³/mol. The van der Waals surface area contributed by atoms with Crippen molar-refractivity contribution in [1.29, 1.82) is 0 Å². The lowest BCUT2D eigenvalue weighted by atomic mass is 9.84. The van der Waals surface area contributed by atoms with E-state index < -0.39 is 17.6 Å². The van der Waals surface area contributed by atoms with Crippen LogP contribution in [0.5, 0.6) is 0 Å². The number of hydrogen-bond donors (Lipinski definition) is 3. The molecular formula is C37H45ClN6O4. The molecule has 3 N–H and O–H groups in total. The fourth-order valence-electron chi connectivity index (χ4n) is 7.39. The van der Waals surface area contributed by atoms with Gasteiger partial charge in [0.2, 0.25) is 17.7 Å². The van der Waals surface area contributed by atoms with E-state index >= 15 is 0 Å². The molecule has 48 heavy (non-hydrogen) atoms. The summed E-state index contributed by atoms with van der Waals surface area (Å²) in [6, 6.07) is 14.1. The number of amides is 4. The maximum atomic E-state index is 14.2. The molecule has 10 nitrogen and oxygen atoms in total. The number of fused-ring (bicyclic) bond motifs is 1. The van der Waals surface area contributed by atoms with Crippen molar-refractivity contribution in [3.63, 3.8) is 0 Å². The Morgan fingerprint density at radius 3 is 2.44 bits per heavy atom. The van der Waals surface area contributed by atoms with Crippen LogP contribution >= 0.6 is 11.6 Å². The van der Waals surface area contributed by atoms with Crippen molar-refractivity contribution < 1.29 is 19.2 Å². The van der Waals surface area contributed by atoms with Gasteiger partial charge in [-0.15, -0.1) is 0 Å². The first kappa shape index (κ1) is 33.7. The van der Waals surface area contributed by atoms with E-state index in [-0.39, 0.29) is 36.2 Å². The third-order valence-electron chi connectivity index (χ3n) is 9.90. The molecule has 2 atom stereocenters. The fourth-order valence-corrected chi connectivity index (χ4v) is 7.52. The zero-order chi connectivity index (χ0) is 33.8. The third kappa shape index (κ3) is 7.29. The first-order valence-corrected chi connectivity index (χ1v) is 17.4. The monoisotopic (exact) mass is 672 g/mol. The molecule has 0 aromatic heterocycles. The van der Waals surface area contributed by atoms with Crippen molar-refractivity contribution in [2.75, 3.05) is 26.3 Å². The number of allylic oxidation sites excluding steroid dienone is 4. The molecule has 2 aromatic carbocycles. The second-order valence-electron chi connectivity index (χ2n) is 13.6. The summed E-state index contributed by atoms with van der Waals surface area (Å²) >= 11 is 6.14. The van der Waals surface area contributed by atoms with E-state index in [2.05, 4.69) is 39.1 Å². The highest BCUT2D eigenvalue weighted by molar-refractivity contribution is 6.30. The molecule has 2 fully saturated rings. The van der Waals surface area contributed by atoms with Crippen LogP contribution in [0.4, 0.5) is 0 Å². The number of nitrogens with one attached hydrogen (secondary N) is 3. The predicted octanol–water partition coefficient (Wildman–Crippen LogP) is 3.30. The minimum atomic E-state index is -0.833. The van der Waals surface area contributed by atoms with Gasteiger partial charge >= 0.3 is 0 Å². The topological polar surface area (TPSA) is 114 Å². The number of likely N-dealkylation sites (tertiary alicyclic amines) is 1. The Bertz CT molecular complexity index is 1600. The molecule has 4 aliphatic rings. The lowest BCUT2D eigenvalue weighted by Gasteiger charge is -2.45. The summed E-state index contributed by atoms with van der Waals surface area (Å²) in [5.41, 5.74) is 3.43. The van der Waals surface area contributed by atoms with Gasteiger partial charge in [-0.05, 0) is 80.9 Å². The first-order chi connectivity index (χ1) is 23.1. The lowest BCUT2D eigenvalue weighted by Crippen LogP contribution is -2.60. The van der Waals surface area contributed by atoms with Crippen LogP contribution in [-0.4, -0.2) is 88.3 Å². The van der Waals surface area contributed by atoms with Gasteiger partial charge in [-0.1, -0.05) is 60.2 Å². The maximum Gasteiger partial charge on any atom is 0.250 e. The summed E-state index contributed by atoms with van der Waals surface area (Å²) in [7, 11) is 0. The Balaban J connectivity index is 1.18. The van der Waals surface area contributed by atoms with Gasteiger partial charge in [0, 0.05) is 42.8 Å². The van der Waals surface area contributed by atoms with Crippen LogP contribution in [0.25, 0.3) is 0 Å². The maximum absolute atomic E-state index is 14.2. The number of benzene rings is 2. The molecular weight excluding hydrogens is 628 g/mol. The van der Waals surface area contributed by atoms with Crippen LogP contribution < -0.4 is 16.0 Å². The van der Waals surface area contributed by atoms with Gasteiger partial charge in [-0.3, -0.25) is 19.2 Å². The second kappa shape index (κ2) is 14.5. The van der Waals surface area contributed by atoms with Crippen molar-refractivity contribution >= 4 is 35.2 Å². The summed E-state index contributed by atoms with van der Waals surface area (Å²) in [5.74, 6) is -0.639. The zero-order valence-corrected chi connectivity index (χ0v) is 28.5. The van der Waals surface area contributed by atoms with Crippen molar-refractivity contribution in [3.05, 3.63) is 94.2 Å². The third-order valence-corrected chi connectivity index (χ3v) is 10.2. The molecule has 0 saturated carbocycles. The van der Waals surface area contributed by atoms with Gasteiger partial charge in [0.15, 0.2) is 0 Å². The number of hydrogen-bond acceptors (Lipinski definition) is 6. The number of piperidine rings is 1. The molecule has 3 aliphatic heterocycles. The van der Waals surface area contributed by atoms with E-state index in [1.165, 1.54) is 5.56 Å². The fraction of sp³-hybridized carbons (Fsp3) is 0.459. The molecule has 1 aliphatic carbocycles. The highest BCUT2D eigenvalue weighted by Crippen LogP contribution is 2.40. The molecule has 11 heteroatoms. The number of rotatable bonds is 9. The SMILES string of the molecule is CC(C)NC(=O)CN1CN(C2=CC=CCC2)C2(CCN(C(=O)[C@@H](Cc3ccc(Cl)cc3)NC(=O)[C@H]3Cc4ccccc4CN3)CC2)C1=O. The number of nitrogens with zero attached hydrogens (tertiary/aromatic N) is 3. The lowest BCUT2D eigenvalue weighted by molar-refractivity contribution is -0.143. The van der Waals surface area contributed by atoms with Crippen LogP contribution in [0, 0.1) is 0 Å². The van der Waals surface area contributed by atoms with Crippen molar-refractivity contribution in [1.82, 2.24) is 30.7 Å². The van der Waals surface area contributed by atoms with Gasteiger partial charge < -0.3 is 30.7 Å². The highest BCUT2D eigenvalue weighted by atomic mass is 35.5. The Morgan fingerprint density at radius 1 is 1.02 bits per heavy atom. The minimum absolute atomic E-state index is 0.00407. The summed E-state index contributed by atoms with van der Waals surface area (Å²) < 4.78 is 0. The minimum Gasteiger partial charge on any atom is -0.352 e. The Kier molecular flexibility index (Phi) is 10.2. The second-order valence-corrected chi connectivity index (χ2v) is 14.0. The molecule has 0 unspecified atom stereocenters. The molecule has 0 radical (unpaired) electrons. The Hall–Kier alpha value is -4.15. The summed E-state index contributed by atoms with van der Waals surface area (Å²) in [4.78, 5) is 60.3. The zero-order valence-electron chi connectivity index (χ0n) is 27.7. The van der Waals surface area contributed by atoms with Crippen molar-refractivity contribution in [3.8, 4) is 0 Å². The van der Waals surface area contributed by atoms with E-state index in [0.717, 1.165) is 29.7 Å². The first-order valence-electron chi connectivity index (χ1n) is 17.0. The Labute approximate surface area is 287 Å². The smallest absolute Gasteiger partial charge is 0.250 e. The quantitative estimate of drug-likeness (QED) is 0.377. The number of halogens is 1. The van der Waals surface area contributed by atoms with E-state index in [1.54, 1.807) is 21.9 Å². The number of carbonyl (C=O) groups is 4. The van der Waals surface area contributed by atoms with Crippen molar-refractivity contribution in [2.24, 2.45) is 0 Å². The van der Waals surface area contributed by atoms with Crippen molar-refractivity contribution in [2.45, 2.75) is 82.6 Å². The van der Waals surface area contributed by atoms with Crippen LogP contribution in [0.1, 0.15) is 56.2 Å². The van der Waals surface area contributed by atoms with Crippen LogP contribution in [0.15, 0.2) is 72.5 Å².